The molecular formula is C14H13BrClFN2. The third-order valence-corrected chi connectivity index (χ3v) is 3.99. The second kappa shape index (κ2) is 6.48. The molecule has 2 aromatic rings. The fraction of sp³-hybridized carbons (Fsp3) is 0.143. The molecule has 0 radical (unpaired) electrons. The van der Waals surface area contributed by atoms with E-state index in [1.165, 1.54) is 6.07 Å². The van der Waals surface area contributed by atoms with Gasteiger partial charge in [0.2, 0.25) is 0 Å². The maximum atomic E-state index is 13.9. The van der Waals surface area contributed by atoms with E-state index >= 15 is 0 Å². The van der Waals surface area contributed by atoms with Crippen LogP contribution in [0.1, 0.15) is 17.2 Å². The molecule has 0 aliphatic rings. The molecule has 2 aromatic carbocycles. The van der Waals surface area contributed by atoms with E-state index in [0.717, 1.165) is 5.56 Å². The first-order valence-corrected chi connectivity index (χ1v) is 6.94. The van der Waals surface area contributed by atoms with Crippen LogP contribution in [-0.2, 0) is 6.42 Å². The van der Waals surface area contributed by atoms with Gasteiger partial charge in [-0.05, 0) is 30.2 Å². The van der Waals surface area contributed by atoms with Gasteiger partial charge < -0.3 is 0 Å². The highest BCUT2D eigenvalue weighted by Gasteiger charge is 2.18. The summed E-state index contributed by atoms with van der Waals surface area (Å²) in [5.74, 6) is 5.26. The van der Waals surface area contributed by atoms with Crippen molar-refractivity contribution < 1.29 is 4.39 Å². The van der Waals surface area contributed by atoms with E-state index in [0.29, 0.717) is 21.5 Å². The van der Waals surface area contributed by atoms with E-state index in [1.807, 2.05) is 18.2 Å². The molecule has 0 spiro atoms. The largest absolute Gasteiger partial charge is 0.271 e. The molecule has 5 heteroatoms. The van der Waals surface area contributed by atoms with Gasteiger partial charge in [0, 0.05) is 15.1 Å². The van der Waals surface area contributed by atoms with Crippen molar-refractivity contribution >= 4 is 27.5 Å². The summed E-state index contributed by atoms with van der Waals surface area (Å²) >= 11 is 9.47. The highest BCUT2D eigenvalue weighted by Crippen LogP contribution is 2.29. The molecule has 2 rings (SSSR count). The first kappa shape index (κ1) is 14.5. The van der Waals surface area contributed by atoms with Crippen molar-refractivity contribution in [2.45, 2.75) is 12.5 Å². The minimum Gasteiger partial charge on any atom is -0.271 e. The van der Waals surface area contributed by atoms with E-state index in [-0.39, 0.29) is 11.9 Å². The number of rotatable bonds is 4. The lowest BCUT2D eigenvalue weighted by Crippen LogP contribution is -2.30. The van der Waals surface area contributed by atoms with Crippen molar-refractivity contribution in [1.82, 2.24) is 5.43 Å². The lowest BCUT2D eigenvalue weighted by Gasteiger charge is -2.19. The average molecular weight is 344 g/mol. The summed E-state index contributed by atoms with van der Waals surface area (Å²) in [5.41, 5.74) is 4.07. The topological polar surface area (TPSA) is 38.0 Å². The fourth-order valence-corrected chi connectivity index (χ4v) is 2.80. The molecular weight excluding hydrogens is 331 g/mol. The van der Waals surface area contributed by atoms with Crippen molar-refractivity contribution in [3.05, 3.63) is 68.9 Å². The normalized spacial score (nSPS) is 12.4. The van der Waals surface area contributed by atoms with Gasteiger partial charge in [-0.3, -0.25) is 11.3 Å². The Morgan fingerprint density at radius 3 is 2.58 bits per heavy atom. The fourth-order valence-electron chi connectivity index (χ4n) is 1.97. The molecule has 100 valence electrons. The summed E-state index contributed by atoms with van der Waals surface area (Å²) in [6, 6.07) is 12.0. The summed E-state index contributed by atoms with van der Waals surface area (Å²) in [5, 5.41) is 0.648. The minimum atomic E-state index is -0.351. The lowest BCUT2D eigenvalue weighted by molar-refractivity contribution is 0.508. The van der Waals surface area contributed by atoms with Gasteiger partial charge in [0.15, 0.2) is 0 Å². The molecule has 19 heavy (non-hydrogen) atoms. The molecule has 2 nitrogen and oxygen atoms in total. The van der Waals surface area contributed by atoms with E-state index < -0.39 is 0 Å². The van der Waals surface area contributed by atoms with Gasteiger partial charge in [-0.25, -0.2) is 4.39 Å². The summed E-state index contributed by atoms with van der Waals surface area (Å²) in [4.78, 5) is 0. The summed E-state index contributed by atoms with van der Waals surface area (Å²) < 4.78 is 14.6. The number of hydrazine groups is 1. The van der Waals surface area contributed by atoms with Crippen LogP contribution in [0.2, 0.25) is 5.02 Å². The number of halogens is 3. The van der Waals surface area contributed by atoms with Crippen LogP contribution >= 0.6 is 27.5 Å². The predicted octanol–water partition coefficient (Wildman–Crippen LogP) is 3.99. The molecule has 1 unspecified atom stereocenters. The van der Waals surface area contributed by atoms with Gasteiger partial charge in [0.1, 0.15) is 5.82 Å². The molecule has 0 fully saturated rings. The van der Waals surface area contributed by atoms with Crippen molar-refractivity contribution in [2.75, 3.05) is 0 Å². The Kier molecular flexibility index (Phi) is 4.93. The van der Waals surface area contributed by atoms with Crippen molar-refractivity contribution in [2.24, 2.45) is 5.84 Å². The molecule has 0 heterocycles. The van der Waals surface area contributed by atoms with Gasteiger partial charge in [-0.1, -0.05) is 51.8 Å². The highest BCUT2D eigenvalue weighted by atomic mass is 79.9. The van der Waals surface area contributed by atoms with Gasteiger partial charge >= 0.3 is 0 Å². The second-order valence-corrected chi connectivity index (χ2v) is 5.41. The third-order valence-electron chi connectivity index (χ3n) is 2.93. The van der Waals surface area contributed by atoms with Gasteiger partial charge in [-0.15, -0.1) is 0 Å². The molecule has 0 aliphatic heterocycles. The van der Waals surface area contributed by atoms with E-state index in [1.54, 1.807) is 18.2 Å². The Bertz CT molecular complexity index is 557. The van der Waals surface area contributed by atoms with Crippen LogP contribution < -0.4 is 11.3 Å². The Morgan fingerprint density at radius 1 is 1.21 bits per heavy atom. The Labute approximate surface area is 124 Å². The molecule has 3 N–H and O–H groups in total. The SMILES string of the molecule is NNC(Cc1ccccc1Cl)c1c(F)cccc1Br. The maximum Gasteiger partial charge on any atom is 0.129 e. The molecule has 0 bridgehead atoms. The smallest absolute Gasteiger partial charge is 0.129 e. The van der Waals surface area contributed by atoms with Gasteiger partial charge in [-0.2, -0.15) is 0 Å². The molecule has 0 saturated heterocycles. The van der Waals surface area contributed by atoms with Crippen molar-refractivity contribution in [3.63, 3.8) is 0 Å². The highest BCUT2D eigenvalue weighted by molar-refractivity contribution is 9.10. The average Bonchev–Trinajstić information content (AvgIpc) is 2.39. The van der Waals surface area contributed by atoms with Crippen LogP contribution in [0.5, 0.6) is 0 Å². The zero-order valence-corrected chi connectivity index (χ0v) is 12.4. The first-order chi connectivity index (χ1) is 9.13. The third kappa shape index (κ3) is 3.34. The Morgan fingerprint density at radius 2 is 1.95 bits per heavy atom. The van der Waals surface area contributed by atoms with Crippen LogP contribution in [0.25, 0.3) is 0 Å². The van der Waals surface area contributed by atoms with E-state index in [4.69, 9.17) is 17.4 Å². The summed E-state index contributed by atoms with van der Waals surface area (Å²) in [7, 11) is 0. The van der Waals surface area contributed by atoms with Crippen LogP contribution in [0.15, 0.2) is 46.9 Å². The Balaban J connectivity index is 2.34. The van der Waals surface area contributed by atoms with Gasteiger partial charge in [0.05, 0.1) is 6.04 Å². The van der Waals surface area contributed by atoms with Crippen molar-refractivity contribution in [1.29, 1.82) is 0 Å². The van der Waals surface area contributed by atoms with E-state index in [9.17, 15) is 4.39 Å². The zero-order chi connectivity index (χ0) is 13.8. The number of nitrogens with one attached hydrogen (secondary N) is 1. The molecule has 0 amide bonds. The summed E-state index contributed by atoms with van der Waals surface area (Å²) in [6.07, 6.45) is 0.510. The van der Waals surface area contributed by atoms with Crippen LogP contribution in [0.4, 0.5) is 4.39 Å². The standard InChI is InChI=1S/C14H13BrClFN2/c15-10-5-3-7-12(17)14(10)13(19-18)8-9-4-1-2-6-11(9)16/h1-7,13,19H,8,18H2. The quantitative estimate of drug-likeness (QED) is 0.651. The second-order valence-electron chi connectivity index (χ2n) is 4.15. The van der Waals surface area contributed by atoms with Crippen molar-refractivity contribution in [3.8, 4) is 0 Å². The molecule has 0 aliphatic carbocycles. The van der Waals surface area contributed by atoms with Gasteiger partial charge in [0.25, 0.3) is 0 Å². The number of nitrogens with two attached hydrogens (primary N) is 1. The lowest BCUT2D eigenvalue weighted by atomic mass is 9.99. The number of hydrogen-bond acceptors (Lipinski definition) is 2. The monoisotopic (exact) mass is 342 g/mol. The van der Waals surface area contributed by atoms with Crippen LogP contribution in [0, 0.1) is 5.82 Å². The zero-order valence-electron chi connectivity index (χ0n) is 10.0. The predicted molar refractivity (Wildman–Crippen MR) is 79.3 cm³/mol. The van der Waals surface area contributed by atoms with Crippen LogP contribution in [-0.4, -0.2) is 0 Å². The molecule has 0 saturated carbocycles. The molecule has 1 atom stereocenters. The minimum absolute atomic E-state index is 0.302. The number of benzene rings is 2. The first-order valence-electron chi connectivity index (χ1n) is 5.77. The molecule has 0 aromatic heterocycles. The Hall–Kier alpha value is -0.940. The summed E-state index contributed by atoms with van der Waals surface area (Å²) in [6.45, 7) is 0. The number of hydrogen-bond donors (Lipinski definition) is 2. The maximum absolute atomic E-state index is 13.9. The van der Waals surface area contributed by atoms with Crippen LogP contribution in [0.3, 0.4) is 0 Å². The van der Waals surface area contributed by atoms with E-state index in [2.05, 4.69) is 21.4 Å².